The lowest BCUT2D eigenvalue weighted by molar-refractivity contribution is 0.282. The largest absolute Gasteiger partial charge is 0.295 e. The number of hydrogen-bond donors (Lipinski definition) is 0. The third kappa shape index (κ3) is 2.35. The van der Waals surface area contributed by atoms with E-state index in [2.05, 4.69) is 43.5 Å². The maximum absolute atomic E-state index is 3.81. The fraction of sp³-hybridized carbons (Fsp3) is 0.467. The summed E-state index contributed by atoms with van der Waals surface area (Å²) in [7, 11) is 0. The molecule has 0 fully saturated rings. The van der Waals surface area contributed by atoms with Crippen LogP contribution in [0, 0.1) is 0 Å². The molecule has 0 saturated carbocycles. The van der Waals surface area contributed by atoms with Crippen LogP contribution in [0.5, 0.6) is 0 Å². The molecule has 1 aromatic rings. The van der Waals surface area contributed by atoms with E-state index in [0.29, 0.717) is 5.92 Å². The second kappa shape index (κ2) is 4.84. The fourth-order valence-corrected chi connectivity index (χ4v) is 2.33. The monoisotopic (exact) mass is 215 g/mol. The van der Waals surface area contributed by atoms with E-state index in [1.165, 1.54) is 24.1 Å². The van der Waals surface area contributed by atoms with Gasteiger partial charge in [0, 0.05) is 19.6 Å². The second-order valence-corrected chi connectivity index (χ2v) is 4.96. The van der Waals surface area contributed by atoms with Crippen LogP contribution in [-0.4, -0.2) is 18.0 Å². The Morgan fingerprint density at radius 1 is 1.38 bits per heavy atom. The van der Waals surface area contributed by atoms with Crippen LogP contribution in [0.2, 0.25) is 0 Å². The highest BCUT2D eigenvalue weighted by Gasteiger charge is 2.15. The molecule has 0 radical (unpaired) electrons. The van der Waals surface area contributed by atoms with E-state index in [4.69, 9.17) is 0 Å². The molecule has 2 rings (SSSR count). The predicted molar refractivity (Wildman–Crippen MR) is 69.7 cm³/mol. The molecule has 1 aliphatic rings. The van der Waals surface area contributed by atoms with Crippen LogP contribution in [0.1, 0.15) is 36.5 Å². The maximum Gasteiger partial charge on any atom is 0.0239 e. The fourth-order valence-electron chi connectivity index (χ4n) is 2.33. The van der Waals surface area contributed by atoms with Crippen LogP contribution < -0.4 is 0 Å². The molecule has 86 valence electrons. The minimum Gasteiger partial charge on any atom is -0.295 e. The quantitative estimate of drug-likeness (QED) is 0.699. The molecule has 0 N–H and O–H groups in total. The van der Waals surface area contributed by atoms with Gasteiger partial charge in [-0.3, -0.25) is 4.90 Å². The zero-order valence-electron chi connectivity index (χ0n) is 10.4. The van der Waals surface area contributed by atoms with Gasteiger partial charge in [0.15, 0.2) is 0 Å². The first-order chi connectivity index (χ1) is 7.70. The average molecular weight is 215 g/mol. The highest BCUT2D eigenvalue weighted by Crippen LogP contribution is 2.23. The molecule has 1 heteroatoms. The van der Waals surface area contributed by atoms with Gasteiger partial charge >= 0.3 is 0 Å². The van der Waals surface area contributed by atoms with Crippen LogP contribution in [0.3, 0.4) is 0 Å². The number of nitrogens with zero attached hydrogens (tertiary/aromatic N) is 1. The topological polar surface area (TPSA) is 3.24 Å². The first-order valence-electron chi connectivity index (χ1n) is 6.15. The summed E-state index contributed by atoms with van der Waals surface area (Å²) in [5, 5.41) is 0. The van der Waals surface area contributed by atoms with E-state index >= 15 is 0 Å². The van der Waals surface area contributed by atoms with Crippen LogP contribution in [0.15, 0.2) is 30.9 Å². The molecule has 0 atom stereocenters. The smallest absolute Gasteiger partial charge is 0.0239 e. The zero-order chi connectivity index (χ0) is 11.5. The van der Waals surface area contributed by atoms with Crippen molar-refractivity contribution in [3.63, 3.8) is 0 Å². The van der Waals surface area contributed by atoms with Gasteiger partial charge in [-0.05, 0) is 29.0 Å². The molecule has 0 saturated heterocycles. The Morgan fingerprint density at radius 2 is 2.19 bits per heavy atom. The molecule has 0 spiro atoms. The van der Waals surface area contributed by atoms with Crippen LogP contribution in [0.25, 0.3) is 0 Å². The van der Waals surface area contributed by atoms with Gasteiger partial charge in [0.25, 0.3) is 0 Å². The summed E-state index contributed by atoms with van der Waals surface area (Å²) < 4.78 is 0. The molecule has 1 aromatic carbocycles. The summed E-state index contributed by atoms with van der Waals surface area (Å²) >= 11 is 0. The molecule has 0 bridgehead atoms. The Kier molecular flexibility index (Phi) is 3.45. The second-order valence-electron chi connectivity index (χ2n) is 4.96. The molecule has 0 aliphatic carbocycles. The standard InChI is InChI=1S/C15H21N/c1-4-8-16-9-7-14-10-13(12(2)3)5-6-15(14)11-16/h4-6,10,12H,1,7-9,11H2,2-3H3. The molecular weight excluding hydrogens is 194 g/mol. The van der Waals surface area contributed by atoms with Gasteiger partial charge < -0.3 is 0 Å². The highest BCUT2D eigenvalue weighted by atomic mass is 15.1. The van der Waals surface area contributed by atoms with Gasteiger partial charge in [-0.1, -0.05) is 38.1 Å². The molecule has 1 nitrogen and oxygen atoms in total. The van der Waals surface area contributed by atoms with Gasteiger partial charge in [0.2, 0.25) is 0 Å². The lowest BCUT2D eigenvalue weighted by Gasteiger charge is -2.28. The summed E-state index contributed by atoms with van der Waals surface area (Å²) in [6.45, 7) is 11.6. The van der Waals surface area contributed by atoms with Gasteiger partial charge in [-0.15, -0.1) is 6.58 Å². The molecule has 0 aromatic heterocycles. The van der Waals surface area contributed by atoms with Gasteiger partial charge in [-0.2, -0.15) is 0 Å². The zero-order valence-corrected chi connectivity index (χ0v) is 10.4. The summed E-state index contributed by atoms with van der Waals surface area (Å²) in [6, 6.07) is 6.98. The molecule has 0 amide bonds. The normalized spacial score (nSPS) is 16.2. The SMILES string of the molecule is C=CCN1CCc2cc(C(C)C)ccc2C1. The first-order valence-corrected chi connectivity index (χ1v) is 6.15. The molecule has 16 heavy (non-hydrogen) atoms. The van der Waals surface area contributed by atoms with Crippen molar-refractivity contribution < 1.29 is 0 Å². The Balaban J connectivity index is 2.18. The van der Waals surface area contributed by atoms with E-state index in [1.807, 2.05) is 6.08 Å². The van der Waals surface area contributed by atoms with Crippen molar-refractivity contribution in [1.82, 2.24) is 4.90 Å². The average Bonchev–Trinajstić information content (AvgIpc) is 2.28. The minimum absolute atomic E-state index is 0.636. The number of benzene rings is 1. The maximum atomic E-state index is 3.81. The molecule has 1 heterocycles. The Labute approximate surface area is 98.8 Å². The lowest BCUT2D eigenvalue weighted by atomic mass is 9.93. The van der Waals surface area contributed by atoms with Crippen molar-refractivity contribution in [2.24, 2.45) is 0 Å². The van der Waals surface area contributed by atoms with Gasteiger partial charge in [0.05, 0.1) is 0 Å². The van der Waals surface area contributed by atoms with E-state index < -0.39 is 0 Å². The number of rotatable bonds is 3. The van der Waals surface area contributed by atoms with Crippen molar-refractivity contribution in [3.05, 3.63) is 47.5 Å². The van der Waals surface area contributed by atoms with Gasteiger partial charge in [-0.25, -0.2) is 0 Å². The minimum atomic E-state index is 0.636. The van der Waals surface area contributed by atoms with Crippen LogP contribution >= 0.6 is 0 Å². The third-order valence-corrected chi connectivity index (χ3v) is 3.38. The Bertz CT molecular complexity index is 379. The summed E-state index contributed by atoms with van der Waals surface area (Å²) in [6.07, 6.45) is 3.18. The highest BCUT2D eigenvalue weighted by molar-refractivity contribution is 5.35. The third-order valence-electron chi connectivity index (χ3n) is 3.38. The summed E-state index contributed by atoms with van der Waals surface area (Å²) in [5.41, 5.74) is 4.51. The predicted octanol–water partition coefficient (Wildman–Crippen LogP) is 3.35. The van der Waals surface area contributed by atoms with E-state index in [0.717, 1.165) is 13.1 Å². The molecule has 0 unspecified atom stereocenters. The first kappa shape index (κ1) is 11.4. The summed E-state index contributed by atoms with van der Waals surface area (Å²) in [5.74, 6) is 0.636. The Hall–Kier alpha value is -1.08. The van der Waals surface area contributed by atoms with E-state index in [1.54, 1.807) is 5.56 Å². The van der Waals surface area contributed by atoms with Crippen molar-refractivity contribution in [2.75, 3.05) is 13.1 Å². The van der Waals surface area contributed by atoms with Crippen molar-refractivity contribution in [1.29, 1.82) is 0 Å². The van der Waals surface area contributed by atoms with Crippen molar-refractivity contribution in [2.45, 2.75) is 32.7 Å². The number of hydrogen-bond acceptors (Lipinski definition) is 1. The Morgan fingerprint density at radius 3 is 2.88 bits per heavy atom. The van der Waals surface area contributed by atoms with E-state index in [-0.39, 0.29) is 0 Å². The van der Waals surface area contributed by atoms with Crippen LogP contribution in [-0.2, 0) is 13.0 Å². The molecular formula is C15H21N. The lowest BCUT2D eigenvalue weighted by Crippen LogP contribution is -2.30. The molecule has 1 aliphatic heterocycles. The van der Waals surface area contributed by atoms with Crippen molar-refractivity contribution >= 4 is 0 Å². The van der Waals surface area contributed by atoms with Gasteiger partial charge in [0.1, 0.15) is 0 Å². The van der Waals surface area contributed by atoms with E-state index in [9.17, 15) is 0 Å². The van der Waals surface area contributed by atoms with Crippen molar-refractivity contribution in [3.8, 4) is 0 Å². The van der Waals surface area contributed by atoms with Crippen LogP contribution in [0.4, 0.5) is 0 Å². The number of fused-ring (bicyclic) bond motifs is 1. The summed E-state index contributed by atoms with van der Waals surface area (Å²) in [4.78, 5) is 2.45.